The van der Waals surface area contributed by atoms with Crippen molar-refractivity contribution >= 4 is 18.1 Å². The Labute approximate surface area is 141 Å². The predicted molar refractivity (Wildman–Crippen MR) is 94.1 cm³/mol. The van der Waals surface area contributed by atoms with Gasteiger partial charge in [-0.05, 0) is 68.0 Å². The first-order chi connectivity index (χ1) is 11.5. The van der Waals surface area contributed by atoms with Gasteiger partial charge in [-0.25, -0.2) is 4.98 Å². The number of carbonyl (C=O) groups is 2. The van der Waals surface area contributed by atoms with Gasteiger partial charge in [-0.15, -0.1) is 0 Å². The molecule has 0 saturated heterocycles. The maximum atomic E-state index is 12.4. The van der Waals surface area contributed by atoms with Crippen molar-refractivity contribution in [3.8, 4) is 11.1 Å². The van der Waals surface area contributed by atoms with E-state index in [1.807, 2.05) is 39.0 Å². The molecule has 0 radical (unpaired) electrons. The van der Waals surface area contributed by atoms with E-state index in [-0.39, 0.29) is 5.91 Å². The van der Waals surface area contributed by atoms with Gasteiger partial charge >= 0.3 is 0 Å². The topological polar surface area (TPSA) is 71.1 Å². The zero-order chi connectivity index (χ0) is 17.3. The number of hydrogen-bond acceptors (Lipinski definition) is 3. The molecule has 1 aromatic carbocycles. The van der Waals surface area contributed by atoms with Gasteiger partial charge in [-0.1, -0.05) is 6.07 Å². The normalized spacial score (nSPS) is 13.5. The van der Waals surface area contributed by atoms with E-state index in [9.17, 15) is 9.59 Å². The SMILES string of the molecule is Cc1cc(C)c(-c2cnc(NC=O)c(C)c2)cc1C(=O)NC1CC1. The summed E-state index contributed by atoms with van der Waals surface area (Å²) in [5, 5.41) is 5.62. The van der Waals surface area contributed by atoms with Crippen LogP contribution in [0.25, 0.3) is 11.1 Å². The maximum Gasteiger partial charge on any atom is 0.251 e. The summed E-state index contributed by atoms with van der Waals surface area (Å²) in [7, 11) is 0. The van der Waals surface area contributed by atoms with Gasteiger partial charge in [0, 0.05) is 23.4 Å². The molecule has 1 saturated carbocycles. The second-order valence-electron chi connectivity index (χ2n) is 6.38. The fourth-order valence-corrected chi connectivity index (χ4v) is 2.83. The molecule has 0 unspecified atom stereocenters. The molecule has 3 rings (SSSR count). The second-order valence-corrected chi connectivity index (χ2v) is 6.38. The van der Waals surface area contributed by atoms with E-state index in [4.69, 9.17) is 0 Å². The Morgan fingerprint density at radius 2 is 1.88 bits per heavy atom. The number of benzene rings is 1. The van der Waals surface area contributed by atoms with Crippen molar-refractivity contribution in [3.05, 3.63) is 46.6 Å². The Hall–Kier alpha value is -2.69. The molecule has 124 valence electrons. The standard InChI is InChI=1S/C19H21N3O2/c1-11-6-12(2)17(19(24)22-15-4-5-15)8-16(11)14-7-13(3)18(20-9-14)21-10-23/h6-10,15H,4-5H2,1-3H3,(H,22,24)(H,20,21,23). The highest BCUT2D eigenvalue weighted by Gasteiger charge is 2.24. The third-order valence-electron chi connectivity index (χ3n) is 4.31. The highest BCUT2D eigenvalue weighted by atomic mass is 16.1. The van der Waals surface area contributed by atoms with Crippen LogP contribution in [0.2, 0.25) is 0 Å². The third-order valence-corrected chi connectivity index (χ3v) is 4.31. The van der Waals surface area contributed by atoms with Crippen molar-refractivity contribution < 1.29 is 9.59 Å². The summed E-state index contributed by atoms with van der Waals surface area (Å²) in [6.07, 6.45) is 4.47. The summed E-state index contributed by atoms with van der Waals surface area (Å²) >= 11 is 0. The number of nitrogens with zero attached hydrogens (tertiary/aromatic N) is 1. The van der Waals surface area contributed by atoms with Crippen molar-refractivity contribution in [1.29, 1.82) is 0 Å². The number of amides is 2. The van der Waals surface area contributed by atoms with Crippen LogP contribution in [0.5, 0.6) is 0 Å². The fraction of sp³-hybridized carbons (Fsp3) is 0.316. The summed E-state index contributed by atoms with van der Waals surface area (Å²) in [6.45, 7) is 5.88. The van der Waals surface area contributed by atoms with E-state index in [1.165, 1.54) is 0 Å². The molecular formula is C19H21N3O2. The van der Waals surface area contributed by atoms with Crippen LogP contribution in [0, 0.1) is 20.8 Å². The van der Waals surface area contributed by atoms with E-state index < -0.39 is 0 Å². The number of aromatic nitrogens is 1. The molecule has 0 spiro atoms. The smallest absolute Gasteiger partial charge is 0.251 e. The zero-order valence-corrected chi connectivity index (χ0v) is 14.1. The summed E-state index contributed by atoms with van der Waals surface area (Å²) in [4.78, 5) is 27.3. The van der Waals surface area contributed by atoms with Crippen LogP contribution < -0.4 is 10.6 Å². The molecular weight excluding hydrogens is 302 g/mol. The number of aryl methyl sites for hydroxylation is 3. The maximum absolute atomic E-state index is 12.4. The molecule has 0 aliphatic heterocycles. The molecule has 1 aliphatic carbocycles. The van der Waals surface area contributed by atoms with Crippen LogP contribution in [0.3, 0.4) is 0 Å². The van der Waals surface area contributed by atoms with Crippen molar-refractivity contribution in [2.75, 3.05) is 5.32 Å². The molecule has 1 aromatic heterocycles. The summed E-state index contributed by atoms with van der Waals surface area (Å²) < 4.78 is 0. The van der Waals surface area contributed by atoms with E-state index in [0.717, 1.165) is 40.7 Å². The number of rotatable bonds is 5. The number of carbonyl (C=O) groups excluding carboxylic acids is 2. The largest absolute Gasteiger partial charge is 0.349 e. The number of pyridine rings is 1. The molecule has 1 aliphatic rings. The summed E-state index contributed by atoms with van der Waals surface area (Å²) in [5.74, 6) is 0.533. The molecule has 1 heterocycles. The minimum Gasteiger partial charge on any atom is -0.349 e. The van der Waals surface area contributed by atoms with Gasteiger partial charge in [0.25, 0.3) is 5.91 Å². The minimum absolute atomic E-state index is 0.0137. The van der Waals surface area contributed by atoms with Crippen LogP contribution >= 0.6 is 0 Å². The fourth-order valence-electron chi connectivity index (χ4n) is 2.83. The molecule has 5 nitrogen and oxygen atoms in total. The Kier molecular flexibility index (Phi) is 4.34. The van der Waals surface area contributed by atoms with Gasteiger partial charge in [0.05, 0.1) is 0 Å². The number of hydrogen-bond donors (Lipinski definition) is 2. The van der Waals surface area contributed by atoms with Gasteiger partial charge in [0.1, 0.15) is 5.82 Å². The molecule has 0 atom stereocenters. The summed E-state index contributed by atoms with van der Waals surface area (Å²) in [6, 6.07) is 6.27. The number of anilines is 1. The highest BCUT2D eigenvalue weighted by molar-refractivity contribution is 5.97. The van der Waals surface area contributed by atoms with E-state index >= 15 is 0 Å². The lowest BCUT2D eigenvalue weighted by molar-refractivity contribution is -0.105. The average molecular weight is 323 g/mol. The third kappa shape index (κ3) is 3.30. The first kappa shape index (κ1) is 16.2. The highest BCUT2D eigenvalue weighted by Crippen LogP contribution is 2.29. The van der Waals surface area contributed by atoms with Crippen LogP contribution in [-0.4, -0.2) is 23.3 Å². The van der Waals surface area contributed by atoms with Crippen LogP contribution in [-0.2, 0) is 4.79 Å². The van der Waals surface area contributed by atoms with E-state index in [1.54, 1.807) is 6.20 Å². The molecule has 2 amide bonds. The Balaban J connectivity index is 1.99. The van der Waals surface area contributed by atoms with Crippen LogP contribution in [0.4, 0.5) is 5.82 Å². The number of nitrogens with one attached hydrogen (secondary N) is 2. The molecule has 1 fully saturated rings. The quantitative estimate of drug-likeness (QED) is 0.831. The van der Waals surface area contributed by atoms with Crippen LogP contribution in [0.15, 0.2) is 24.4 Å². The van der Waals surface area contributed by atoms with Crippen molar-refractivity contribution in [2.24, 2.45) is 0 Å². The van der Waals surface area contributed by atoms with Crippen molar-refractivity contribution in [3.63, 3.8) is 0 Å². The zero-order valence-electron chi connectivity index (χ0n) is 14.1. The average Bonchev–Trinajstić information content (AvgIpc) is 3.33. The lowest BCUT2D eigenvalue weighted by Gasteiger charge is -2.14. The Morgan fingerprint density at radius 3 is 2.50 bits per heavy atom. The monoisotopic (exact) mass is 323 g/mol. The van der Waals surface area contributed by atoms with E-state index in [0.29, 0.717) is 23.8 Å². The predicted octanol–water partition coefficient (Wildman–Crippen LogP) is 3.13. The van der Waals surface area contributed by atoms with Gasteiger partial charge < -0.3 is 10.6 Å². The van der Waals surface area contributed by atoms with Crippen molar-refractivity contribution in [1.82, 2.24) is 10.3 Å². The lowest BCUT2D eigenvalue weighted by Crippen LogP contribution is -2.26. The summed E-state index contributed by atoms with van der Waals surface area (Å²) in [5.41, 5.74) is 5.56. The van der Waals surface area contributed by atoms with E-state index in [2.05, 4.69) is 15.6 Å². The molecule has 5 heteroatoms. The van der Waals surface area contributed by atoms with Crippen molar-refractivity contribution in [2.45, 2.75) is 39.7 Å². The van der Waals surface area contributed by atoms with Crippen LogP contribution in [0.1, 0.15) is 39.9 Å². The second kappa shape index (κ2) is 6.43. The first-order valence-electron chi connectivity index (χ1n) is 8.09. The Morgan fingerprint density at radius 1 is 1.12 bits per heavy atom. The molecule has 0 bridgehead atoms. The van der Waals surface area contributed by atoms with Gasteiger partial charge in [0.15, 0.2) is 0 Å². The van der Waals surface area contributed by atoms with Gasteiger partial charge in [-0.3, -0.25) is 9.59 Å². The first-order valence-corrected chi connectivity index (χ1v) is 8.09. The molecule has 2 N–H and O–H groups in total. The Bertz CT molecular complexity index is 810. The minimum atomic E-state index is -0.0137. The lowest BCUT2D eigenvalue weighted by atomic mass is 9.95. The molecule has 24 heavy (non-hydrogen) atoms. The van der Waals surface area contributed by atoms with Gasteiger partial charge in [-0.2, -0.15) is 0 Å². The van der Waals surface area contributed by atoms with Gasteiger partial charge in [0.2, 0.25) is 6.41 Å². The molecule has 2 aromatic rings.